The Kier molecular flexibility index (Phi) is 3.05. The van der Waals surface area contributed by atoms with Gasteiger partial charge in [-0.3, -0.25) is 9.69 Å². The van der Waals surface area contributed by atoms with Crippen molar-refractivity contribution in [3.05, 3.63) is 0 Å². The number of hydrogen-bond acceptors (Lipinski definition) is 3. The molecule has 0 saturated carbocycles. The van der Waals surface area contributed by atoms with Crippen molar-refractivity contribution >= 4 is 5.91 Å². The molecule has 0 radical (unpaired) electrons. The molecule has 70 valence electrons. The monoisotopic (exact) mass is 172 g/mol. The number of amides is 1. The van der Waals surface area contributed by atoms with Gasteiger partial charge in [-0.15, -0.1) is 0 Å². The van der Waals surface area contributed by atoms with Gasteiger partial charge in [0.1, 0.15) is 0 Å². The van der Waals surface area contributed by atoms with Crippen molar-refractivity contribution in [2.24, 2.45) is 0 Å². The molecule has 1 aliphatic rings. The van der Waals surface area contributed by atoms with Crippen LogP contribution in [0.5, 0.6) is 0 Å². The van der Waals surface area contributed by atoms with E-state index in [2.05, 4.69) is 0 Å². The maximum atomic E-state index is 11.2. The topological polar surface area (TPSA) is 43.8 Å². The van der Waals surface area contributed by atoms with Crippen LogP contribution < -0.4 is 0 Å². The summed E-state index contributed by atoms with van der Waals surface area (Å²) in [7, 11) is 1.96. The second-order valence-electron chi connectivity index (χ2n) is 3.29. The highest BCUT2D eigenvalue weighted by Gasteiger charge is 2.27. The molecular formula is C8H16N2O2. The third-order valence-electron chi connectivity index (χ3n) is 2.15. The molecule has 1 atom stereocenters. The average molecular weight is 172 g/mol. The van der Waals surface area contributed by atoms with Crippen molar-refractivity contribution in [1.82, 2.24) is 9.80 Å². The maximum Gasteiger partial charge on any atom is 0.226 e. The van der Waals surface area contributed by atoms with Crippen LogP contribution in [-0.2, 0) is 4.79 Å². The van der Waals surface area contributed by atoms with Crippen molar-refractivity contribution in [2.75, 3.05) is 26.8 Å². The number of β-amino-alcohol motifs (C(OH)–C–C–N with tert-alkyl or cyclic N) is 1. The number of carbonyl (C=O) groups excluding carboxylic acids is 1. The Morgan fingerprint density at radius 1 is 1.75 bits per heavy atom. The zero-order chi connectivity index (χ0) is 9.14. The third kappa shape index (κ3) is 2.19. The highest BCUT2D eigenvalue weighted by molar-refractivity contribution is 5.78. The molecule has 1 fully saturated rings. The summed E-state index contributed by atoms with van der Waals surface area (Å²) in [4.78, 5) is 14.9. The lowest BCUT2D eigenvalue weighted by atomic mass is 10.3. The molecule has 0 aromatic heterocycles. The van der Waals surface area contributed by atoms with Crippen LogP contribution in [0.2, 0.25) is 0 Å². The number of carbonyl (C=O) groups is 1. The summed E-state index contributed by atoms with van der Waals surface area (Å²) < 4.78 is 0. The minimum atomic E-state index is -0.456. The van der Waals surface area contributed by atoms with Crippen LogP contribution >= 0.6 is 0 Å². The van der Waals surface area contributed by atoms with E-state index in [-0.39, 0.29) is 12.3 Å². The van der Waals surface area contributed by atoms with Crippen molar-refractivity contribution in [3.63, 3.8) is 0 Å². The van der Waals surface area contributed by atoms with E-state index in [0.29, 0.717) is 13.2 Å². The predicted octanol–water partition coefficient (Wildman–Crippen LogP) is -0.511. The zero-order valence-electron chi connectivity index (χ0n) is 7.66. The number of aliphatic hydroxyl groups excluding tert-OH is 1. The lowest BCUT2D eigenvalue weighted by Gasteiger charge is -2.22. The summed E-state index contributed by atoms with van der Waals surface area (Å²) in [5.41, 5.74) is 0. The molecule has 1 rings (SSSR count). The van der Waals surface area contributed by atoms with E-state index in [0.717, 1.165) is 6.54 Å². The van der Waals surface area contributed by atoms with Crippen LogP contribution in [-0.4, -0.2) is 53.7 Å². The molecular weight excluding hydrogens is 156 g/mol. The standard InChI is InChI=1S/C8H16N2O2/c1-3-9(2)6-10-5-7(11)4-8(10)12/h7,11H,3-6H2,1-2H3. The van der Waals surface area contributed by atoms with Crippen molar-refractivity contribution in [1.29, 1.82) is 0 Å². The molecule has 1 saturated heterocycles. The molecule has 0 aliphatic carbocycles. The molecule has 4 nitrogen and oxygen atoms in total. The van der Waals surface area contributed by atoms with E-state index in [1.54, 1.807) is 4.90 Å². The smallest absolute Gasteiger partial charge is 0.226 e. The van der Waals surface area contributed by atoms with Crippen LogP contribution in [0.1, 0.15) is 13.3 Å². The Labute approximate surface area is 72.8 Å². The molecule has 1 N–H and O–H groups in total. The van der Waals surface area contributed by atoms with Crippen LogP contribution in [0.15, 0.2) is 0 Å². The second kappa shape index (κ2) is 3.87. The fraction of sp³-hybridized carbons (Fsp3) is 0.875. The Balaban J connectivity index is 2.37. The molecule has 1 heterocycles. The summed E-state index contributed by atoms with van der Waals surface area (Å²) in [6.07, 6.45) is -0.167. The van der Waals surface area contributed by atoms with Gasteiger partial charge in [0, 0.05) is 6.54 Å². The quantitative estimate of drug-likeness (QED) is 0.623. The Morgan fingerprint density at radius 3 is 2.83 bits per heavy atom. The fourth-order valence-corrected chi connectivity index (χ4v) is 1.28. The van der Waals surface area contributed by atoms with Gasteiger partial charge < -0.3 is 10.0 Å². The summed E-state index contributed by atoms with van der Waals surface area (Å²) in [5.74, 6) is 0.0581. The predicted molar refractivity (Wildman–Crippen MR) is 45.5 cm³/mol. The van der Waals surface area contributed by atoms with Crippen LogP contribution in [0.3, 0.4) is 0 Å². The molecule has 1 aliphatic heterocycles. The molecule has 1 amide bonds. The molecule has 0 spiro atoms. The van der Waals surface area contributed by atoms with E-state index < -0.39 is 6.10 Å². The average Bonchev–Trinajstić information content (AvgIpc) is 2.30. The van der Waals surface area contributed by atoms with Crippen LogP contribution in [0, 0.1) is 0 Å². The number of hydrogen-bond donors (Lipinski definition) is 1. The van der Waals surface area contributed by atoms with Crippen molar-refractivity contribution in [2.45, 2.75) is 19.4 Å². The summed E-state index contributed by atoms with van der Waals surface area (Å²) in [6.45, 7) is 4.08. The van der Waals surface area contributed by atoms with E-state index >= 15 is 0 Å². The largest absolute Gasteiger partial charge is 0.391 e. The number of rotatable bonds is 3. The van der Waals surface area contributed by atoms with Crippen molar-refractivity contribution in [3.8, 4) is 0 Å². The molecule has 0 aromatic carbocycles. The summed E-state index contributed by atoms with van der Waals surface area (Å²) >= 11 is 0. The van der Waals surface area contributed by atoms with Crippen LogP contribution in [0.4, 0.5) is 0 Å². The second-order valence-corrected chi connectivity index (χ2v) is 3.29. The minimum Gasteiger partial charge on any atom is -0.391 e. The van der Waals surface area contributed by atoms with Gasteiger partial charge in [-0.1, -0.05) is 6.92 Å². The van der Waals surface area contributed by atoms with E-state index in [1.807, 2.05) is 18.9 Å². The zero-order valence-corrected chi connectivity index (χ0v) is 7.66. The van der Waals surface area contributed by atoms with Crippen molar-refractivity contribution < 1.29 is 9.90 Å². The molecule has 0 aromatic rings. The van der Waals surface area contributed by atoms with Gasteiger partial charge in [-0.2, -0.15) is 0 Å². The van der Waals surface area contributed by atoms with Gasteiger partial charge in [0.15, 0.2) is 0 Å². The Hall–Kier alpha value is -0.610. The summed E-state index contributed by atoms with van der Waals surface area (Å²) in [6, 6.07) is 0. The number of nitrogens with zero attached hydrogens (tertiary/aromatic N) is 2. The first kappa shape index (κ1) is 9.48. The lowest BCUT2D eigenvalue weighted by Crippen LogP contribution is -2.36. The molecule has 4 heteroatoms. The van der Waals surface area contributed by atoms with Crippen LogP contribution in [0.25, 0.3) is 0 Å². The van der Waals surface area contributed by atoms with Gasteiger partial charge >= 0.3 is 0 Å². The first-order valence-electron chi connectivity index (χ1n) is 4.28. The third-order valence-corrected chi connectivity index (χ3v) is 2.15. The number of likely N-dealkylation sites (tertiary alicyclic amines) is 1. The van der Waals surface area contributed by atoms with Gasteiger partial charge in [0.25, 0.3) is 0 Å². The SMILES string of the molecule is CCN(C)CN1CC(O)CC1=O. The van der Waals surface area contributed by atoms with Gasteiger partial charge in [0.2, 0.25) is 5.91 Å². The number of aliphatic hydroxyl groups is 1. The summed E-state index contributed by atoms with van der Waals surface area (Å²) in [5, 5.41) is 9.17. The maximum absolute atomic E-state index is 11.2. The highest BCUT2D eigenvalue weighted by atomic mass is 16.3. The highest BCUT2D eigenvalue weighted by Crippen LogP contribution is 2.10. The minimum absolute atomic E-state index is 0.0581. The van der Waals surface area contributed by atoms with E-state index in [1.165, 1.54) is 0 Å². The van der Waals surface area contributed by atoms with Gasteiger partial charge in [0.05, 0.1) is 19.2 Å². The molecule has 1 unspecified atom stereocenters. The van der Waals surface area contributed by atoms with E-state index in [4.69, 9.17) is 0 Å². The van der Waals surface area contributed by atoms with Gasteiger partial charge in [-0.05, 0) is 13.6 Å². The molecule has 0 bridgehead atoms. The van der Waals surface area contributed by atoms with Gasteiger partial charge in [-0.25, -0.2) is 0 Å². The normalized spacial score (nSPS) is 24.2. The Morgan fingerprint density at radius 2 is 2.42 bits per heavy atom. The lowest BCUT2D eigenvalue weighted by molar-refractivity contribution is -0.129. The first-order valence-corrected chi connectivity index (χ1v) is 4.28. The Bertz CT molecular complexity index is 172. The first-order chi connectivity index (χ1) is 5.63. The van der Waals surface area contributed by atoms with E-state index in [9.17, 15) is 9.90 Å². The fourth-order valence-electron chi connectivity index (χ4n) is 1.28. The molecule has 12 heavy (non-hydrogen) atoms.